The van der Waals surface area contributed by atoms with Gasteiger partial charge in [-0.3, -0.25) is 4.79 Å². The van der Waals surface area contributed by atoms with E-state index in [1.54, 1.807) is 26.7 Å². The number of aromatic nitrogens is 2. The molecule has 6 nitrogen and oxygen atoms in total. The number of imidazole rings is 1. The number of hydrogen-bond donors (Lipinski definition) is 2. The lowest BCUT2D eigenvalue weighted by Crippen LogP contribution is -2.12. The summed E-state index contributed by atoms with van der Waals surface area (Å²) in [6, 6.07) is 13.3. The Kier molecular flexibility index (Phi) is 5.53. The number of nitrogens with one attached hydrogen (secondary N) is 2. The van der Waals surface area contributed by atoms with E-state index in [4.69, 9.17) is 9.47 Å². The molecule has 0 atom stereocenters. The van der Waals surface area contributed by atoms with Crippen molar-refractivity contribution in [1.29, 1.82) is 0 Å². The first-order valence-electron chi connectivity index (χ1n) is 8.29. The maximum Gasteiger partial charge on any atom is 0.224 e. The number of carbonyl (C=O) groups is 1. The molecule has 0 spiro atoms. The second-order valence-corrected chi connectivity index (χ2v) is 5.78. The molecule has 3 rings (SSSR count). The SMILES string of the molecule is COc1ccc(CCC(=O)Nc2cccc(-c3cnc[nH]3)c2)cc1OC. The number of nitrogens with zero attached hydrogens (tertiary/aromatic N) is 1. The number of anilines is 1. The summed E-state index contributed by atoms with van der Waals surface area (Å²) in [4.78, 5) is 19.3. The Morgan fingerprint density at radius 1 is 1.12 bits per heavy atom. The number of rotatable bonds is 7. The number of ether oxygens (including phenoxy) is 2. The lowest BCUT2D eigenvalue weighted by Gasteiger charge is -2.10. The quantitative estimate of drug-likeness (QED) is 0.681. The van der Waals surface area contributed by atoms with Crippen LogP contribution in [0, 0.1) is 0 Å². The topological polar surface area (TPSA) is 76.2 Å². The van der Waals surface area contributed by atoms with Crippen LogP contribution in [0.2, 0.25) is 0 Å². The summed E-state index contributed by atoms with van der Waals surface area (Å²) in [5.41, 5.74) is 3.66. The number of amides is 1. The van der Waals surface area contributed by atoms with Crippen molar-refractivity contribution in [2.45, 2.75) is 12.8 Å². The molecule has 0 aliphatic carbocycles. The lowest BCUT2D eigenvalue weighted by atomic mass is 10.1. The Morgan fingerprint density at radius 3 is 2.69 bits per heavy atom. The Hall–Kier alpha value is -3.28. The zero-order chi connectivity index (χ0) is 18.4. The van der Waals surface area contributed by atoms with Gasteiger partial charge in [-0.05, 0) is 36.2 Å². The van der Waals surface area contributed by atoms with E-state index in [0.29, 0.717) is 24.3 Å². The summed E-state index contributed by atoms with van der Waals surface area (Å²) in [5, 5.41) is 2.94. The van der Waals surface area contributed by atoms with Gasteiger partial charge in [-0.15, -0.1) is 0 Å². The summed E-state index contributed by atoms with van der Waals surface area (Å²) >= 11 is 0. The molecule has 0 bridgehead atoms. The third-order valence-corrected chi connectivity index (χ3v) is 4.04. The van der Waals surface area contributed by atoms with Gasteiger partial charge in [-0.1, -0.05) is 18.2 Å². The molecule has 2 aromatic carbocycles. The van der Waals surface area contributed by atoms with Crippen molar-refractivity contribution >= 4 is 11.6 Å². The Balaban J connectivity index is 1.60. The molecule has 26 heavy (non-hydrogen) atoms. The van der Waals surface area contributed by atoms with Crippen molar-refractivity contribution < 1.29 is 14.3 Å². The van der Waals surface area contributed by atoms with Gasteiger partial charge in [0, 0.05) is 17.7 Å². The van der Waals surface area contributed by atoms with Gasteiger partial charge >= 0.3 is 0 Å². The third kappa shape index (κ3) is 4.22. The maximum atomic E-state index is 12.3. The second kappa shape index (κ2) is 8.20. The summed E-state index contributed by atoms with van der Waals surface area (Å²) in [6.45, 7) is 0. The second-order valence-electron chi connectivity index (χ2n) is 5.78. The van der Waals surface area contributed by atoms with Gasteiger partial charge < -0.3 is 19.8 Å². The average molecular weight is 351 g/mol. The van der Waals surface area contributed by atoms with Crippen molar-refractivity contribution in [1.82, 2.24) is 9.97 Å². The number of hydrogen-bond acceptors (Lipinski definition) is 4. The molecule has 0 saturated heterocycles. The normalized spacial score (nSPS) is 10.4. The third-order valence-electron chi connectivity index (χ3n) is 4.04. The standard InChI is InChI=1S/C20H21N3O3/c1-25-18-8-6-14(10-19(18)26-2)7-9-20(24)23-16-5-3-4-15(11-16)17-12-21-13-22-17/h3-6,8,10-13H,7,9H2,1-2H3,(H,21,22)(H,23,24). The van der Waals surface area contributed by atoms with Crippen LogP contribution in [0.3, 0.4) is 0 Å². The van der Waals surface area contributed by atoms with E-state index in [2.05, 4.69) is 15.3 Å². The van der Waals surface area contributed by atoms with Gasteiger partial charge in [0.05, 0.1) is 32.4 Å². The van der Waals surface area contributed by atoms with Gasteiger partial charge in [0.25, 0.3) is 0 Å². The van der Waals surface area contributed by atoms with Crippen molar-refractivity contribution in [2.24, 2.45) is 0 Å². The van der Waals surface area contributed by atoms with Gasteiger partial charge in [0.15, 0.2) is 11.5 Å². The molecule has 2 N–H and O–H groups in total. The summed E-state index contributed by atoms with van der Waals surface area (Å²) < 4.78 is 10.5. The first-order chi connectivity index (χ1) is 12.7. The van der Waals surface area contributed by atoms with E-state index in [9.17, 15) is 4.79 Å². The van der Waals surface area contributed by atoms with Gasteiger partial charge in [0.2, 0.25) is 5.91 Å². The fourth-order valence-corrected chi connectivity index (χ4v) is 2.70. The molecule has 0 unspecified atom stereocenters. The molecule has 3 aromatic rings. The molecule has 0 radical (unpaired) electrons. The molecule has 1 amide bonds. The van der Waals surface area contributed by atoms with Crippen molar-refractivity contribution in [3.63, 3.8) is 0 Å². The summed E-state index contributed by atoms with van der Waals surface area (Å²) in [5.74, 6) is 1.30. The lowest BCUT2D eigenvalue weighted by molar-refractivity contribution is -0.116. The van der Waals surface area contributed by atoms with Crippen LogP contribution in [-0.2, 0) is 11.2 Å². The fourth-order valence-electron chi connectivity index (χ4n) is 2.70. The molecular formula is C20H21N3O3. The molecule has 6 heteroatoms. The number of carbonyl (C=O) groups excluding carboxylic acids is 1. The molecular weight excluding hydrogens is 330 g/mol. The van der Waals surface area contributed by atoms with Crippen LogP contribution in [0.4, 0.5) is 5.69 Å². The maximum absolute atomic E-state index is 12.3. The van der Waals surface area contributed by atoms with Crippen LogP contribution in [0.25, 0.3) is 11.3 Å². The zero-order valence-electron chi connectivity index (χ0n) is 14.8. The first kappa shape index (κ1) is 17.5. The average Bonchev–Trinajstić information content (AvgIpc) is 3.21. The van der Waals surface area contributed by atoms with Gasteiger partial charge in [-0.25, -0.2) is 4.98 Å². The molecule has 1 heterocycles. The minimum absolute atomic E-state index is 0.0402. The van der Waals surface area contributed by atoms with Crippen LogP contribution in [0.1, 0.15) is 12.0 Å². The monoisotopic (exact) mass is 351 g/mol. The molecule has 0 aliphatic heterocycles. The zero-order valence-corrected chi connectivity index (χ0v) is 14.8. The van der Waals surface area contributed by atoms with E-state index in [0.717, 1.165) is 22.5 Å². The molecule has 134 valence electrons. The van der Waals surface area contributed by atoms with Crippen molar-refractivity contribution in [3.8, 4) is 22.8 Å². The van der Waals surface area contributed by atoms with E-state index < -0.39 is 0 Å². The largest absolute Gasteiger partial charge is 0.493 e. The van der Waals surface area contributed by atoms with Crippen LogP contribution in [0.15, 0.2) is 55.0 Å². The minimum Gasteiger partial charge on any atom is -0.493 e. The Morgan fingerprint density at radius 2 is 1.96 bits per heavy atom. The predicted molar refractivity (Wildman–Crippen MR) is 101 cm³/mol. The smallest absolute Gasteiger partial charge is 0.224 e. The van der Waals surface area contributed by atoms with E-state index in [-0.39, 0.29) is 5.91 Å². The molecule has 0 fully saturated rings. The predicted octanol–water partition coefficient (Wildman–Crippen LogP) is 3.67. The van der Waals surface area contributed by atoms with Gasteiger partial charge in [0.1, 0.15) is 0 Å². The Labute approximate surface area is 152 Å². The van der Waals surface area contributed by atoms with E-state index >= 15 is 0 Å². The first-order valence-corrected chi connectivity index (χ1v) is 8.29. The highest BCUT2D eigenvalue weighted by Gasteiger charge is 2.08. The van der Waals surface area contributed by atoms with E-state index in [1.165, 1.54) is 0 Å². The highest BCUT2D eigenvalue weighted by atomic mass is 16.5. The van der Waals surface area contributed by atoms with Gasteiger partial charge in [-0.2, -0.15) is 0 Å². The number of aromatic amines is 1. The number of H-pyrrole nitrogens is 1. The number of aryl methyl sites for hydroxylation is 1. The van der Waals surface area contributed by atoms with Crippen molar-refractivity contribution in [2.75, 3.05) is 19.5 Å². The fraction of sp³-hybridized carbons (Fsp3) is 0.200. The number of benzene rings is 2. The highest BCUT2D eigenvalue weighted by molar-refractivity contribution is 5.91. The molecule has 1 aromatic heterocycles. The van der Waals surface area contributed by atoms with Crippen molar-refractivity contribution in [3.05, 3.63) is 60.6 Å². The van der Waals surface area contributed by atoms with Crippen LogP contribution in [0.5, 0.6) is 11.5 Å². The Bertz CT molecular complexity index is 876. The minimum atomic E-state index is -0.0402. The summed E-state index contributed by atoms with van der Waals surface area (Å²) in [6.07, 6.45) is 4.37. The molecule has 0 saturated carbocycles. The van der Waals surface area contributed by atoms with Crippen LogP contribution >= 0.6 is 0 Å². The van der Waals surface area contributed by atoms with Crippen LogP contribution in [-0.4, -0.2) is 30.1 Å². The summed E-state index contributed by atoms with van der Waals surface area (Å²) in [7, 11) is 3.20. The van der Waals surface area contributed by atoms with Crippen LogP contribution < -0.4 is 14.8 Å². The number of methoxy groups -OCH3 is 2. The van der Waals surface area contributed by atoms with E-state index in [1.807, 2.05) is 42.5 Å². The highest BCUT2D eigenvalue weighted by Crippen LogP contribution is 2.28. The molecule has 0 aliphatic rings.